The molecular weight excluding hydrogens is 188 g/mol. The van der Waals surface area contributed by atoms with Crippen LogP contribution in [0, 0.1) is 0 Å². The fourth-order valence-electron chi connectivity index (χ4n) is 2.64. The van der Waals surface area contributed by atoms with Crippen LogP contribution in [0.3, 0.4) is 0 Å². The molecule has 0 atom stereocenters. The summed E-state index contributed by atoms with van der Waals surface area (Å²) in [7, 11) is 0. The van der Waals surface area contributed by atoms with Crippen molar-refractivity contribution >= 4 is 5.91 Å². The van der Waals surface area contributed by atoms with Crippen LogP contribution < -0.4 is 5.32 Å². The summed E-state index contributed by atoms with van der Waals surface area (Å²) in [6, 6.07) is 1.09. The van der Waals surface area contributed by atoms with Crippen LogP contribution in [-0.4, -0.2) is 36.0 Å². The lowest BCUT2D eigenvalue weighted by atomic mass is 9.88. The van der Waals surface area contributed by atoms with Crippen molar-refractivity contribution in [2.45, 2.75) is 57.5 Å². The molecule has 1 saturated carbocycles. The lowest BCUT2D eigenvalue weighted by molar-refractivity contribution is -0.138. The van der Waals surface area contributed by atoms with E-state index in [0.29, 0.717) is 24.4 Å². The highest BCUT2D eigenvalue weighted by atomic mass is 16.2. The van der Waals surface area contributed by atoms with Gasteiger partial charge < -0.3 is 10.2 Å². The normalized spacial score (nSPS) is 23.5. The first-order valence-electron chi connectivity index (χ1n) is 6.34. The zero-order valence-corrected chi connectivity index (χ0v) is 9.67. The van der Waals surface area contributed by atoms with Crippen LogP contribution in [0.2, 0.25) is 0 Å². The molecule has 0 radical (unpaired) electrons. The number of nitrogens with one attached hydrogen (secondary N) is 1. The second-order valence-electron chi connectivity index (χ2n) is 4.72. The molecule has 1 aliphatic carbocycles. The van der Waals surface area contributed by atoms with Crippen LogP contribution in [0.15, 0.2) is 0 Å². The number of carbonyl (C=O) groups is 1. The van der Waals surface area contributed by atoms with Gasteiger partial charge in [0, 0.05) is 18.5 Å². The van der Waals surface area contributed by atoms with E-state index in [-0.39, 0.29) is 0 Å². The van der Waals surface area contributed by atoms with Gasteiger partial charge in [0.25, 0.3) is 0 Å². The number of carbonyl (C=O) groups excluding carboxylic acids is 1. The van der Waals surface area contributed by atoms with Crippen molar-refractivity contribution < 1.29 is 4.79 Å². The number of hydrogen-bond donors (Lipinski definition) is 1. The van der Waals surface area contributed by atoms with Crippen molar-refractivity contribution in [3.63, 3.8) is 0 Å². The number of hydrogen-bond acceptors (Lipinski definition) is 2. The van der Waals surface area contributed by atoms with Crippen LogP contribution in [0.1, 0.15) is 45.4 Å². The molecular formula is C12H22N2O. The standard InChI is InChI=1S/C12H22N2O/c1-2-12(15)14(10-4-3-5-10)11-6-8-13-9-7-11/h10-11,13H,2-9H2,1H3. The zero-order valence-electron chi connectivity index (χ0n) is 9.67. The first kappa shape index (κ1) is 10.9. The molecule has 0 bridgehead atoms. The van der Waals surface area contributed by atoms with E-state index in [2.05, 4.69) is 10.2 Å². The van der Waals surface area contributed by atoms with Gasteiger partial charge in [0.05, 0.1) is 0 Å². The number of rotatable bonds is 3. The lowest BCUT2D eigenvalue weighted by Crippen LogP contribution is -2.53. The van der Waals surface area contributed by atoms with E-state index in [9.17, 15) is 4.79 Å². The molecule has 0 aromatic heterocycles. The molecule has 0 spiro atoms. The van der Waals surface area contributed by atoms with Crippen LogP contribution >= 0.6 is 0 Å². The highest BCUT2D eigenvalue weighted by Gasteiger charge is 2.33. The molecule has 2 fully saturated rings. The molecule has 0 aromatic carbocycles. The Kier molecular flexibility index (Phi) is 3.62. The Morgan fingerprint density at radius 3 is 2.27 bits per heavy atom. The molecule has 1 amide bonds. The largest absolute Gasteiger partial charge is 0.337 e. The molecule has 1 aliphatic heterocycles. The van der Waals surface area contributed by atoms with Gasteiger partial charge in [-0.15, -0.1) is 0 Å². The van der Waals surface area contributed by atoms with Crippen LogP contribution in [0.4, 0.5) is 0 Å². The third-order valence-electron chi connectivity index (χ3n) is 3.76. The summed E-state index contributed by atoms with van der Waals surface area (Å²) in [5.74, 6) is 0.367. The first-order valence-corrected chi connectivity index (χ1v) is 6.34. The van der Waals surface area contributed by atoms with Gasteiger partial charge in [-0.25, -0.2) is 0 Å². The fourth-order valence-corrected chi connectivity index (χ4v) is 2.64. The van der Waals surface area contributed by atoms with Crippen molar-refractivity contribution in [1.29, 1.82) is 0 Å². The summed E-state index contributed by atoms with van der Waals surface area (Å²) >= 11 is 0. The summed E-state index contributed by atoms with van der Waals surface area (Å²) in [5, 5.41) is 3.36. The second-order valence-corrected chi connectivity index (χ2v) is 4.72. The minimum Gasteiger partial charge on any atom is -0.337 e. The maximum absolute atomic E-state index is 12.0. The van der Waals surface area contributed by atoms with Crippen LogP contribution in [0.5, 0.6) is 0 Å². The Morgan fingerprint density at radius 1 is 1.20 bits per heavy atom. The van der Waals surface area contributed by atoms with Crippen molar-refractivity contribution in [3.8, 4) is 0 Å². The fraction of sp³-hybridized carbons (Fsp3) is 0.917. The first-order chi connectivity index (χ1) is 7.33. The summed E-state index contributed by atoms with van der Waals surface area (Å²) in [6.07, 6.45) is 6.72. The van der Waals surface area contributed by atoms with Crippen molar-refractivity contribution in [3.05, 3.63) is 0 Å². The van der Waals surface area contributed by atoms with Crippen molar-refractivity contribution in [2.24, 2.45) is 0 Å². The van der Waals surface area contributed by atoms with Crippen LogP contribution in [-0.2, 0) is 4.79 Å². The van der Waals surface area contributed by atoms with Gasteiger partial charge >= 0.3 is 0 Å². The van der Waals surface area contributed by atoms with Gasteiger partial charge in [0.1, 0.15) is 0 Å². The summed E-state index contributed by atoms with van der Waals surface area (Å²) < 4.78 is 0. The minimum atomic E-state index is 0.367. The van der Waals surface area contributed by atoms with Gasteiger partial charge in [-0.1, -0.05) is 6.92 Å². The van der Waals surface area contributed by atoms with Crippen LogP contribution in [0.25, 0.3) is 0 Å². The van der Waals surface area contributed by atoms with Gasteiger partial charge in [-0.3, -0.25) is 4.79 Å². The van der Waals surface area contributed by atoms with E-state index in [4.69, 9.17) is 0 Å². The quantitative estimate of drug-likeness (QED) is 0.766. The van der Waals surface area contributed by atoms with Gasteiger partial charge in [-0.05, 0) is 45.2 Å². The zero-order chi connectivity index (χ0) is 10.7. The van der Waals surface area contributed by atoms with E-state index in [1.54, 1.807) is 0 Å². The highest BCUT2D eigenvalue weighted by Crippen LogP contribution is 2.29. The predicted octanol–water partition coefficient (Wildman–Crippen LogP) is 1.53. The molecule has 2 rings (SSSR count). The third kappa shape index (κ3) is 2.33. The molecule has 2 aliphatic rings. The smallest absolute Gasteiger partial charge is 0.222 e. The lowest BCUT2D eigenvalue weighted by Gasteiger charge is -2.44. The Bertz CT molecular complexity index is 220. The third-order valence-corrected chi connectivity index (χ3v) is 3.76. The molecule has 0 aromatic rings. The van der Waals surface area contributed by atoms with Crippen molar-refractivity contribution in [1.82, 2.24) is 10.2 Å². The second kappa shape index (κ2) is 4.97. The van der Waals surface area contributed by atoms with E-state index >= 15 is 0 Å². The molecule has 3 heteroatoms. The van der Waals surface area contributed by atoms with E-state index in [0.717, 1.165) is 25.9 Å². The van der Waals surface area contributed by atoms with E-state index in [1.165, 1.54) is 19.3 Å². The summed E-state index contributed by atoms with van der Waals surface area (Å²) in [6.45, 7) is 4.13. The summed E-state index contributed by atoms with van der Waals surface area (Å²) in [5.41, 5.74) is 0. The predicted molar refractivity (Wildman–Crippen MR) is 60.7 cm³/mol. The number of amides is 1. The van der Waals surface area contributed by atoms with Crippen molar-refractivity contribution in [2.75, 3.05) is 13.1 Å². The molecule has 1 saturated heterocycles. The maximum Gasteiger partial charge on any atom is 0.222 e. The number of piperidine rings is 1. The van der Waals surface area contributed by atoms with Gasteiger partial charge in [-0.2, -0.15) is 0 Å². The molecule has 1 heterocycles. The highest BCUT2D eigenvalue weighted by molar-refractivity contribution is 5.76. The average molecular weight is 210 g/mol. The SMILES string of the molecule is CCC(=O)N(C1CCC1)C1CCNCC1. The van der Waals surface area contributed by atoms with E-state index < -0.39 is 0 Å². The monoisotopic (exact) mass is 210 g/mol. The Morgan fingerprint density at radius 2 is 1.80 bits per heavy atom. The minimum absolute atomic E-state index is 0.367. The van der Waals surface area contributed by atoms with Gasteiger partial charge in [0.15, 0.2) is 0 Å². The Balaban J connectivity index is 1.99. The Labute approximate surface area is 92.2 Å². The van der Waals surface area contributed by atoms with Gasteiger partial charge in [0.2, 0.25) is 5.91 Å². The maximum atomic E-state index is 12.0. The number of nitrogens with zero attached hydrogens (tertiary/aromatic N) is 1. The average Bonchev–Trinajstić information content (AvgIpc) is 2.23. The van der Waals surface area contributed by atoms with E-state index in [1.807, 2.05) is 6.92 Å². The molecule has 0 unspecified atom stereocenters. The molecule has 3 nitrogen and oxygen atoms in total. The molecule has 1 N–H and O–H groups in total. The molecule has 15 heavy (non-hydrogen) atoms. The Hall–Kier alpha value is -0.570. The topological polar surface area (TPSA) is 32.3 Å². The molecule has 86 valence electrons. The summed E-state index contributed by atoms with van der Waals surface area (Å²) in [4.78, 5) is 14.2.